The summed E-state index contributed by atoms with van der Waals surface area (Å²) in [6.07, 6.45) is 3.38. The van der Waals surface area contributed by atoms with E-state index in [0.717, 1.165) is 24.1 Å². The van der Waals surface area contributed by atoms with Crippen molar-refractivity contribution in [2.75, 3.05) is 32.5 Å². The SMILES string of the molecule is COCC(=O)N1CCC[C@H](c2nc(N)ncc2-c2cccc(F)c2)C1. The maximum atomic E-state index is 13.6. The summed E-state index contributed by atoms with van der Waals surface area (Å²) in [4.78, 5) is 22.4. The van der Waals surface area contributed by atoms with Gasteiger partial charge in [-0.3, -0.25) is 4.79 Å². The van der Waals surface area contributed by atoms with E-state index in [9.17, 15) is 9.18 Å². The van der Waals surface area contributed by atoms with E-state index in [2.05, 4.69) is 9.97 Å². The van der Waals surface area contributed by atoms with Crippen LogP contribution in [0, 0.1) is 5.82 Å². The Balaban J connectivity index is 1.93. The van der Waals surface area contributed by atoms with Gasteiger partial charge in [0.15, 0.2) is 0 Å². The minimum atomic E-state index is -0.319. The van der Waals surface area contributed by atoms with Crippen molar-refractivity contribution < 1.29 is 13.9 Å². The number of methoxy groups -OCH3 is 1. The van der Waals surface area contributed by atoms with Crippen LogP contribution < -0.4 is 5.73 Å². The van der Waals surface area contributed by atoms with Crippen LogP contribution in [0.5, 0.6) is 0 Å². The summed E-state index contributed by atoms with van der Waals surface area (Å²) >= 11 is 0. The number of aromatic nitrogens is 2. The van der Waals surface area contributed by atoms with Crippen LogP contribution >= 0.6 is 0 Å². The van der Waals surface area contributed by atoms with E-state index in [1.165, 1.54) is 19.2 Å². The lowest BCUT2D eigenvalue weighted by molar-refractivity contribution is -0.136. The number of nitrogen functional groups attached to an aromatic ring is 1. The Morgan fingerprint density at radius 1 is 1.48 bits per heavy atom. The van der Waals surface area contributed by atoms with Crippen molar-refractivity contribution in [1.82, 2.24) is 14.9 Å². The van der Waals surface area contributed by atoms with Gasteiger partial charge in [0, 0.05) is 37.9 Å². The third-order valence-electron chi connectivity index (χ3n) is 4.40. The molecule has 1 saturated heterocycles. The minimum absolute atomic E-state index is 0.0260. The van der Waals surface area contributed by atoms with Crippen LogP contribution in [0.1, 0.15) is 24.5 Å². The summed E-state index contributed by atoms with van der Waals surface area (Å²) in [7, 11) is 1.51. The number of likely N-dealkylation sites (tertiary alicyclic amines) is 1. The number of ether oxygens (including phenoxy) is 1. The highest BCUT2D eigenvalue weighted by molar-refractivity contribution is 5.77. The molecule has 0 spiro atoms. The van der Waals surface area contributed by atoms with Gasteiger partial charge in [0.25, 0.3) is 0 Å². The molecule has 1 aromatic heterocycles. The summed E-state index contributed by atoms with van der Waals surface area (Å²) in [5.74, 6) is -0.157. The monoisotopic (exact) mass is 344 g/mol. The number of nitrogens with two attached hydrogens (primary N) is 1. The van der Waals surface area contributed by atoms with Gasteiger partial charge in [-0.2, -0.15) is 0 Å². The van der Waals surface area contributed by atoms with E-state index < -0.39 is 0 Å². The Hall–Kier alpha value is -2.54. The summed E-state index contributed by atoms with van der Waals surface area (Å²) < 4.78 is 18.6. The molecule has 7 heteroatoms. The van der Waals surface area contributed by atoms with E-state index >= 15 is 0 Å². The maximum Gasteiger partial charge on any atom is 0.248 e. The fraction of sp³-hybridized carbons (Fsp3) is 0.389. The second-order valence-corrected chi connectivity index (χ2v) is 6.15. The Morgan fingerprint density at radius 3 is 3.08 bits per heavy atom. The number of piperidine rings is 1. The van der Waals surface area contributed by atoms with E-state index in [1.807, 2.05) is 6.07 Å². The molecule has 1 aliphatic heterocycles. The zero-order valence-corrected chi connectivity index (χ0v) is 14.1. The molecule has 3 rings (SSSR count). The van der Waals surface area contributed by atoms with Gasteiger partial charge in [-0.05, 0) is 30.5 Å². The van der Waals surface area contributed by atoms with Crippen LogP contribution in [-0.2, 0) is 9.53 Å². The molecule has 0 radical (unpaired) electrons. The normalized spacial score (nSPS) is 17.5. The van der Waals surface area contributed by atoms with E-state index in [4.69, 9.17) is 10.5 Å². The molecule has 132 valence electrons. The molecule has 0 saturated carbocycles. The number of carbonyl (C=O) groups excluding carboxylic acids is 1. The van der Waals surface area contributed by atoms with Crippen molar-refractivity contribution in [3.05, 3.63) is 42.0 Å². The lowest BCUT2D eigenvalue weighted by Gasteiger charge is -2.33. The molecule has 2 aromatic rings. The molecule has 6 nitrogen and oxygen atoms in total. The number of halogens is 1. The van der Waals surface area contributed by atoms with E-state index in [0.29, 0.717) is 18.7 Å². The van der Waals surface area contributed by atoms with Crippen molar-refractivity contribution in [2.45, 2.75) is 18.8 Å². The molecule has 2 N–H and O–H groups in total. The predicted molar refractivity (Wildman–Crippen MR) is 92.3 cm³/mol. The first kappa shape index (κ1) is 17.3. The summed E-state index contributed by atoms with van der Waals surface area (Å²) in [6.45, 7) is 1.31. The minimum Gasteiger partial charge on any atom is -0.375 e. The van der Waals surface area contributed by atoms with Crippen molar-refractivity contribution in [1.29, 1.82) is 0 Å². The van der Waals surface area contributed by atoms with Gasteiger partial charge < -0.3 is 15.4 Å². The summed E-state index contributed by atoms with van der Waals surface area (Å²) in [5, 5.41) is 0. The average molecular weight is 344 g/mol. The van der Waals surface area contributed by atoms with Crippen molar-refractivity contribution in [3.63, 3.8) is 0 Å². The van der Waals surface area contributed by atoms with Crippen LogP contribution in [0.25, 0.3) is 11.1 Å². The van der Waals surface area contributed by atoms with Gasteiger partial charge in [0.2, 0.25) is 11.9 Å². The number of hydrogen-bond donors (Lipinski definition) is 1. The molecule has 2 heterocycles. The first-order valence-electron chi connectivity index (χ1n) is 8.23. The third-order valence-corrected chi connectivity index (χ3v) is 4.40. The number of carbonyl (C=O) groups is 1. The van der Waals surface area contributed by atoms with E-state index in [1.54, 1.807) is 17.2 Å². The topological polar surface area (TPSA) is 81.3 Å². The number of rotatable bonds is 4. The van der Waals surface area contributed by atoms with Crippen molar-refractivity contribution in [3.8, 4) is 11.1 Å². The molecule has 25 heavy (non-hydrogen) atoms. The molecule has 1 fully saturated rings. The fourth-order valence-electron chi connectivity index (χ4n) is 3.24. The second kappa shape index (κ2) is 7.57. The first-order valence-corrected chi connectivity index (χ1v) is 8.23. The molecule has 1 atom stereocenters. The van der Waals surface area contributed by atoms with Crippen LogP contribution in [-0.4, -0.2) is 47.6 Å². The number of hydrogen-bond acceptors (Lipinski definition) is 5. The van der Waals surface area contributed by atoms with Crippen LogP contribution in [0.3, 0.4) is 0 Å². The Bertz CT molecular complexity index is 768. The van der Waals surface area contributed by atoms with Crippen molar-refractivity contribution >= 4 is 11.9 Å². The maximum absolute atomic E-state index is 13.6. The fourth-order valence-corrected chi connectivity index (χ4v) is 3.24. The van der Waals surface area contributed by atoms with Crippen LogP contribution in [0.4, 0.5) is 10.3 Å². The zero-order valence-electron chi connectivity index (χ0n) is 14.1. The average Bonchev–Trinajstić information content (AvgIpc) is 2.62. The molecular formula is C18H21FN4O2. The van der Waals surface area contributed by atoms with E-state index in [-0.39, 0.29) is 30.2 Å². The Labute approximate surface area is 145 Å². The van der Waals surface area contributed by atoms with Gasteiger partial charge in [-0.15, -0.1) is 0 Å². The van der Waals surface area contributed by atoms with Gasteiger partial charge >= 0.3 is 0 Å². The van der Waals surface area contributed by atoms with Gasteiger partial charge in [-0.1, -0.05) is 12.1 Å². The van der Waals surface area contributed by atoms with Crippen molar-refractivity contribution in [2.24, 2.45) is 0 Å². The Kier molecular flexibility index (Phi) is 5.23. The quantitative estimate of drug-likeness (QED) is 0.920. The lowest BCUT2D eigenvalue weighted by atomic mass is 9.90. The standard InChI is InChI=1S/C18H21FN4O2/c1-25-11-16(24)23-7-3-5-13(10-23)17-15(9-21-18(20)22-17)12-4-2-6-14(19)8-12/h2,4,6,8-9,13H,3,5,7,10-11H2,1H3,(H2,20,21,22)/t13-/m0/s1. The first-order chi connectivity index (χ1) is 12.1. The van der Waals surface area contributed by atoms with Crippen LogP contribution in [0.15, 0.2) is 30.5 Å². The third kappa shape index (κ3) is 3.93. The number of nitrogens with zero attached hydrogens (tertiary/aromatic N) is 3. The lowest BCUT2D eigenvalue weighted by Crippen LogP contribution is -2.41. The largest absolute Gasteiger partial charge is 0.375 e. The number of amides is 1. The molecule has 0 aliphatic carbocycles. The molecule has 1 aliphatic rings. The van der Waals surface area contributed by atoms with Gasteiger partial charge in [-0.25, -0.2) is 14.4 Å². The number of benzene rings is 1. The smallest absolute Gasteiger partial charge is 0.248 e. The highest BCUT2D eigenvalue weighted by atomic mass is 19.1. The molecule has 1 amide bonds. The van der Waals surface area contributed by atoms with Gasteiger partial charge in [0.05, 0.1) is 5.69 Å². The number of anilines is 1. The predicted octanol–water partition coefficient (Wildman–Crippen LogP) is 2.22. The molecular weight excluding hydrogens is 323 g/mol. The zero-order chi connectivity index (χ0) is 17.8. The highest BCUT2D eigenvalue weighted by Crippen LogP contribution is 2.33. The van der Waals surface area contributed by atoms with Crippen LogP contribution in [0.2, 0.25) is 0 Å². The molecule has 0 bridgehead atoms. The van der Waals surface area contributed by atoms with Gasteiger partial charge in [0.1, 0.15) is 12.4 Å². The summed E-state index contributed by atoms with van der Waals surface area (Å²) in [5.41, 5.74) is 8.00. The second-order valence-electron chi connectivity index (χ2n) is 6.15. The Morgan fingerprint density at radius 2 is 2.32 bits per heavy atom. The summed E-state index contributed by atoms with van der Waals surface area (Å²) in [6, 6.07) is 6.32. The molecule has 1 aromatic carbocycles. The molecule has 0 unspecified atom stereocenters. The highest BCUT2D eigenvalue weighted by Gasteiger charge is 2.28.